The molecule has 0 bridgehead atoms. The molecule has 2 heterocycles. The average Bonchev–Trinajstić information content (AvgIpc) is 2.32. The molecule has 2 heteroatoms. The molecule has 2 nitrogen and oxygen atoms in total. The van der Waals surface area contributed by atoms with Crippen molar-refractivity contribution in [2.45, 2.75) is 32.3 Å². The Kier molecular flexibility index (Phi) is 2.13. The number of rotatable bonds is 0. The lowest BCUT2D eigenvalue weighted by atomic mass is 9.77. The summed E-state index contributed by atoms with van der Waals surface area (Å²) >= 11 is 0. The maximum absolute atomic E-state index is 5.58. The van der Waals surface area contributed by atoms with Crippen molar-refractivity contribution in [2.75, 3.05) is 26.7 Å². The molecule has 70 valence electrons. The summed E-state index contributed by atoms with van der Waals surface area (Å²) in [7, 11) is 2.23. The van der Waals surface area contributed by atoms with Gasteiger partial charge in [0.25, 0.3) is 0 Å². The maximum atomic E-state index is 5.58. The van der Waals surface area contributed by atoms with Gasteiger partial charge in [0.15, 0.2) is 0 Å². The standard InChI is InChI=1S/C10H19NO/c1-9-7-10(4-6-12-9)3-5-11(2)8-10/h9H,3-8H2,1-2H3. The second kappa shape index (κ2) is 3.00. The summed E-state index contributed by atoms with van der Waals surface area (Å²) in [5.74, 6) is 0. The minimum absolute atomic E-state index is 0.491. The molecule has 2 rings (SSSR count). The first-order valence-electron chi connectivity index (χ1n) is 5.00. The first-order valence-corrected chi connectivity index (χ1v) is 5.00. The lowest BCUT2D eigenvalue weighted by Crippen LogP contribution is -2.35. The first-order chi connectivity index (χ1) is 5.70. The first kappa shape index (κ1) is 8.52. The van der Waals surface area contributed by atoms with Crippen LogP contribution in [0.5, 0.6) is 0 Å². The third-order valence-electron chi connectivity index (χ3n) is 3.38. The lowest BCUT2D eigenvalue weighted by Gasteiger charge is -2.36. The predicted molar refractivity (Wildman–Crippen MR) is 49.2 cm³/mol. The van der Waals surface area contributed by atoms with Gasteiger partial charge in [-0.2, -0.15) is 0 Å². The maximum Gasteiger partial charge on any atom is 0.0552 e. The van der Waals surface area contributed by atoms with E-state index in [1.807, 2.05) is 0 Å². The normalized spacial score (nSPS) is 44.0. The topological polar surface area (TPSA) is 12.5 Å². The Hall–Kier alpha value is -0.0800. The van der Waals surface area contributed by atoms with Gasteiger partial charge in [-0.3, -0.25) is 0 Å². The molecule has 0 N–H and O–H groups in total. The number of ether oxygens (including phenoxy) is 1. The van der Waals surface area contributed by atoms with Crippen molar-refractivity contribution in [2.24, 2.45) is 5.41 Å². The fourth-order valence-electron chi connectivity index (χ4n) is 2.78. The molecule has 2 fully saturated rings. The summed E-state index contributed by atoms with van der Waals surface area (Å²) in [6.45, 7) is 5.77. The molecule has 2 aliphatic rings. The van der Waals surface area contributed by atoms with Gasteiger partial charge in [0, 0.05) is 13.2 Å². The van der Waals surface area contributed by atoms with E-state index in [-0.39, 0.29) is 0 Å². The Labute approximate surface area is 74.9 Å². The highest BCUT2D eigenvalue weighted by molar-refractivity contribution is 4.91. The quantitative estimate of drug-likeness (QED) is 0.545. The van der Waals surface area contributed by atoms with Crippen LogP contribution in [0.2, 0.25) is 0 Å². The van der Waals surface area contributed by atoms with Crippen LogP contribution in [0.4, 0.5) is 0 Å². The molecular formula is C10H19NO. The third kappa shape index (κ3) is 1.50. The van der Waals surface area contributed by atoms with Gasteiger partial charge in [0.2, 0.25) is 0 Å². The SMILES string of the molecule is CC1CC2(CCO1)CCN(C)C2. The Bertz CT molecular complexity index is 167. The van der Waals surface area contributed by atoms with Gasteiger partial charge < -0.3 is 9.64 Å². The van der Waals surface area contributed by atoms with Crippen molar-refractivity contribution in [3.05, 3.63) is 0 Å². The molecule has 12 heavy (non-hydrogen) atoms. The van der Waals surface area contributed by atoms with E-state index in [4.69, 9.17) is 4.74 Å². The molecule has 0 aromatic carbocycles. The summed E-state index contributed by atoms with van der Waals surface area (Å²) in [4.78, 5) is 2.46. The van der Waals surface area contributed by atoms with Crippen molar-refractivity contribution < 1.29 is 4.74 Å². The minimum atomic E-state index is 0.491. The highest BCUT2D eigenvalue weighted by Gasteiger charge is 2.39. The summed E-state index contributed by atoms with van der Waals surface area (Å²) in [6, 6.07) is 0. The van der Waals surface area contributed by atoms with Crippen LogP contribution < -0.4 is 0 Å². The van der Waals surface area contributed by atoms with Crippen LogP contribution >= 0.6 is 0 Å². The van der Waals surface area contributed by atoms with Crippen LogP contribution in [0, 0.1) is 5.41 Å². The van der Waals surface area contributed by atoms with Crippen LogP contribution in [0.3, 0.4) is 0 Å². The van der Waals surface area contributed by atoms with Gasteiger partial charge in [0.05, 0.1) is 6.10 Å². The molecule has 0 saturated carbocycles. The summed E-state index contributed by atoms with van der Waals surface area (Å²) in [5.41, 5.74) is 0.617. The van der Waals surface area contributed by atoms with Crippen LogP contribution in [-0.2, 0) is 4.74 Å². The van der Waals surface area contributed by atoms with E-state index in [2.05, 4.69) is 18.9 Å². The lowest BCUT2D eigenvalue weighted by molar-refractivity contribution is -0.0343. The van der Waals surface area contributed by atoms with Gasteiger partial charge in [-0.1, -0.05) is 0 Å². The Morgan fingerprint density at radius 3 is 2.83 bits per heavy atom. The van der Waals surface area contributed by atoms with Crippen molar-refractivity contribution in [3.8, 4) is 0 Å². The predicted octanol–water partition coefficient (Wildman–Crippen LogP) is 1.51. The average molecular weight is 169 g/mol. The van der Waals surface area contributed by atoms with Gasteiger partial charge in [-0.25, -0.2) is 0 Å². The second-order valence-corrected chi connectivity index (χ2v) is 4.62. The Morgan fingerprint density at radius 1 is 1.42 bits per heavy atom. The fourth-order valence-corrected chi connectivity index (χ4v) is 2.78. The van der Waals surface area contributed by atoms with Crippen LogP contribution in [0.25, 0.3) is 0 Å². The van der Waals surface area contributed by atoms with Crippen LogP contribution in [0.1, 0.15) is 26.2 Å². The molecule has 0 aromatic rings. The van der Waals surface area contributed by atoms with Crippen molar-refractivity contribution in [1.29, 1.82) is 0 Å². The number of likely N-dealkylation sites (tertiary alicyclic amines) is 1. The van der Waals surface area contributed by atoms with E-state index < -0.39 is 0 Å². The number of nitrogens with zero attached hydrogens (tertiary/aromatic N) is 1. The molecule has 0 amide bonds. The van der Waals surface area contributed by atoms with E-state index in [1.54, 1.807) is 0 Å². The Balaban J connectivity index is 2.00. The van der Waals surface area contributed by atoms with Crippen molar-refractivity contribution >= 4 is 0 Å². The van der Waals surface area contributed by atoms with Gasteiger partial charge in [-0.15, -0.1) is 0 Å². The minimum Gasteiger partial charge on any atom is -0.378 e. The van der Waals surface area contributed by atoms with E-state index in [0.717, 1.165) is 6.61 Å². The summed E-state index contributed by atoms with van der Waals surface area (Å²) in [5, 5.41) is 0. The molecule has 2 aliphatic heterocycles. The summed E-state index contributed by atoms with van der Waals surface area (Å²) in [6.07, 6.45) is 4.43. The monoisotopic (exact) mass is 169 g/mol. The van der Waals surface area contributed by atoms with E-state index in [0.29, 0.717) is 11.5 Å². The van der Waals surface area contributed by atoms with Gasteiger partial charge >= 0.3 is 0 Å². The molecule has 2 saturated heterocycles. The molecule has 2 unspecified atom stereocenters. The van der Waals surface area contributed by atoms with Gasteiger partial charge in [-0.05, 0) is 45.2 Å². The smallest absolute Gasteiger partial charge is 0.0552 e. The van der Waals surface area contributed by atoms with Crippen molar-refractivity contribution in [3.63, 3.8) is 0 Å². The molecule has 0 radical (unpaired) electrons. The van der Waals surface area contributed by atoms with Gasteiger partial charge in [0.1, 0.15) is 0 Å². The second-order valence-electron chi connectivity index (χ2n) is 4.62. The number of hydrogen-bond acceptors (Lipinski definition) is 2. The zero-order valence-corrected chi connectivity index (χ0v) is 8.18. The molecule has 0 aliphatic carbocycles. The van der Waals surface area contributed by atoms with E-state index >= 15 is 0 Å². The molecule has 0 aromatic heterocycles. The largest absolute Gasteiger partial charge is 0.378 e. The highest BCUT2D eigenvalue weighted by atomic mass is 16.5. The van der Waals surface area contributed by atoms with E-state index in [1.165, 1.54) is 32.4 Å². The third-order valence-corrected chi connectivity index (χ3v) is 3.38. The molecular weight excluding hydrogens is 150 g/mol. The zero-order chi connectivity index (χ0) is 8.60. The summed E-state index contributed by atoms with van der Waals surface area (Å²) < 4.78 is 5.58. The Morgan fingerprint density at radius 2 is 2.25 bits per heavy atom. The highest BCUT2D eigenvalue weighted by Crippen LogP contribution is 2.40. The number of hydrogen-bond donors (Lipinski definition) is 0. The van der Waals surface area contributed by atoms with Crippen LogP contribution in [-0.4, -0.2) is 37.7 Å². The zero-order valence-electron chi connectivity index (χ0n) is 8.18. The fraction of sp³-hybridized carbons (Fsp3) is 1.00. The van der Waals surface area contributed by atoms with Crippen molar-refractivity contribution in [1.82, 2.24) is 4.90 Å². The molecule has 2 atom stereocenters. The molecule has 1 spiro atoms. The van der Waals surface area contributed by atoms with Crippen LogP contribution in [0.15, 0.2) is 0 Å². The van der Waals surface area contributed by atoms with E-state index in [9.17, 15) is 0 Å².